The van der Waals surface area contributed by atoms with Crippen LogP contribution in [0.4, 0.5) is 0 Å². The number of unbranched alkanes of at least 4 members (excludes halogenated alkanes) is 6. The lowest BCUT2D eigenvalue weighted by Crippen LogP contribution is -1.98. The van der Waals surface area contributed by atoms with E-state index >= 15 is 0 Å². The van der Waals surface area contributed by atoms with Crippen molar-refractivity contribution < 1.29 is 22.6 Å². The molecule has 0 heterocycles. The van der Waals surface area contributed by atoms with Crippen LogP contribution in [0.5, 0.6) is 0 Å². The number of aliphatic hydroxyl groups is 1. The summed E-state index contributed by atoms with van der Waals surface area (Å²) in [6, 6.07) is 0. The highest BCUT2D eigenvalue weighted by Gasteiger charge is 1.98. The molecule has 0 spiro atoms. The molecule has 2 unspecified atom stereocenters. The van der Waals surface area contributed by atoms with Crippen molar-refractivity contribution in [3.05, 3.63) is 0 Å². The summed E-state index contributed by atoms with van der Waals surface area (Å²) in [4.78, 5) is 0. The van der Waals surface area contributed by atoms with Crippen LogP contribution in [0.15, 0.2) is 0 Å². The minimum absolute atomic E-state index is 0.101. The molecular formula is C15H34O5S. The molecule has 6 heteroatoms. The van der Waals surface area contributed by atoms with Gasteiger partial charge in [-0.1, -0.05) is 71.6 Å². The standard InChI is InChI=1S/C15H32O.H2O4S/c1-4-14(2)12-10-8-6-5-7-9-11-13-15(3)16;1-5(2,3)4/h14-16H,4-13H2,1-3H3;(H2,1,2,3,4). The first-order chi connectivity index (χ1) is 9.66. The van der Waals surface area contributed by atoms with Gasteiger partial charge >= 0.3 is 10.4 Å². The Hall–Kier alpha value is -0.170. The first-order valence-electron chi connectivity index (χ1n) is 8.04. The highest BCUT2D eigenvalue weighted by Crippen LogP contribution is 2.14. The predicted octanol–water partition coefficient (Wildman–Crippen LogP) is 4.27. The molecule has 0 fully saturated rings. The van der Waals surface area contributed by atoms with Gasteiger partial charge in [-0.2, -0.15) is 8.42 Å². The summed E-state index contributed by atoms with van der Waals surface area (Å²) in [6.45, 7) is 6.53. The van der Waals surface area contributed by atoms with Crippen molar-refractivity contribution in [1.29, 1.82) is 0 Å². The lowest BCUT2D eigenvalue weighted by molar-refractivity contribution is 0.180. The van der Waals surface area contributed by atoms with Crippen molar-refractivity contribution in [3.8, 4) is 0 Å². The summed E-state index contributed by atoms with van der Waals surface area (Å²) in [5, 5.41) is 9.10. The first kappa shape index (κ1) is 23.1. The van der Waals surface area contributed by atoms with Gasteiger partial charge in [0, 0.05) is 0 Å². The van der Waals surface area contributed by atoms with Crippen LogP contribution in [-0.2, 0) is 10.4 Å². The van der Waals surface area contributed by atoms with Gasteiger partial charge in [0.05, 0.1) is 6.10 Å². The summed E-state index contributed by atoms with van der Waals surface area (Å²) in [5.74, 6) is 0.922. The van der Waals surface area contributed by atoms with E-state index in [9.17, 15) is 0 Å². The molecule has 3 N–H and O–H groups in total. The second-order valence-corrected chi connectivity index (χ2v) is 6.76. The Balaban J connectivity index is 0. The van der Waals surface area contributed by atoms with Gasteiger partial charge in [0.2, 0.25) is 0 Å². The Morgan fingerprint density at radius 3 is 1.48 bits per heavy atom. The van der Waals surface area contributed by atoms with Crippen LogP contribution in [0.25, 0.3) is 0 Å². The Bertz CT molecular complexity index is 293. The van der Waals surface area contributed by atoms with E-state index in [0.717, 1.165) is 12.3 Å². The molecule has 0 radical (unpaired) electrons. The van der Waals surface area contributed by atoms with Crippen LogP contribution < -0.4 is 0 Å². The van der Waals surface area contributed by atoms with E-state index in [-0.39, 0.29) is 6.10 Å². The van der Waals surface area contributed by atoms with E-state index in [4.69, 9.17) is 22.6 Å². The van der Waals surface area contributed by atoms with Gasteiger partial charge in [0.25, 0.3) is 0 Å². The highest BCUT2D eigenvalue weighted by molar-refractivity contribution is 7.79. The van der Waals surface area contributed by atoms with E-state index in [1.807, 2.05) is 6.92 Å². The number of aliphatic hydroxyl groups excluding tert-OH is 1. The third kappa shape index (κ3) is 33.0. The van der Waals surface area contributed by atoms with Crippen LogP contribution in [0.3, 0.4) is 0 Å². The van der Waals surface area contributed by atoms with Crippen molar-refractivity contribution in [2.75, 3.05) is 0 Å². The van der Waals surface area contributed by atoms with E-state index in [1.165, 1.54) is 57.8 Å². The summed E-state index contributed by atoms with van der Waals surface area (Å²) in [7, 11) is -4.67. The summed E-state index contributed by atoms with van der Waals surface area (Å²) in [6.07, 6.45) is 13.1. The quantitative estimate of drug-likeness (QED) is 0.389. The van der Waals surface area contributed by atoms with Gasteiger partial charge < -0.3 is 5.11 Å². The van der Waals surface area contributed by atoms with Crippen LogP contribution in [0.1, 0.15) is 85.0 Å². The molecule has 0 aliphatic heterocycles. The summed E-state index contributed by atoms with van der Waals surface area (Å²) in [5.41, 5.74) is 0. The SMILES string of the molecule is CCC(C)CCCCCCCCCC(C)O.O=S(=O)(O)O. The minimum atomic E-state index is -4.67. The third-order valence-corrected chi connectivity index (χ3v) is 3.52. The monoisotopic (exact) mass is 326 g/mol. The van der Waals surface area contributed by atoms with E-state index in [2.05, 4.69) is 13.8 Å². The van der Waals surface area contributed by atoms with Crippen LogP contribution in [-0.4, -0.2) is 28.7 Å². The van der Waals surface area contributed by atoms with E-state index < -0.39 is 10.4 Å². The fraction of sp³-hybridized carbons (Fsp3) is 1.00. The maximum atomic E-state index is 9.10. The molecule has 0 aliphatic rings. The van der Waals surface area contributed by atoms with Crippen molar-refractivity contribution >= 4 is 10.4 Å². The van der Waals surface area contributed by atoms with Gasteiger partial charge in [0.1, 0.15) is 0 Å². The topological polar surface area (TPSA) is 94.8 Å². The van der Waals surface area contributed by atoms with Gasteiger partial charge in [-0.05, 0) is 19.3 Å². The zero-order chi connectivity index (χ0) is 16.7. The van der Waals surface area contributed by atoms with Gasteiger partial charge in [0.15, 0.2) is 0 Å². The second kappa shape index (κ2) is 14.8. The zero-order valence-corrected chi connectivity index (χ0v) is 14.6. The zero-order valence-electron chi connectivity index (χ0n) is 13.8. The van der Waals surface area contributed by atoms with Gasteiger partial charge in [-0.25, -0.2) is 0 Å². The molecule has 0 bridgehead atoms. The number of hydrogen-bond acceptors (Lipinski definition) is 3. The van der Waals surface area contributed by atoms with Crippen molar-refractivity contribution in [2.45, 2.75) is 91.1 Å². The van der Waals surface area contributed by atoms with Crippen molar-refractivity contribution in [1.82, 2.24) is 0 Å². The largest absolute Gasteiger partial charge is 0.394 e. The molecule has 0 aromatic heterocycles. The molecule has 2 atom stereocenters. The molecule has 0 saturated heterocycles. The van der Waals surface area contributed by atoms with Crippen LogP contribution in [0.2, 0.25) is 0 Å². The highest BCUT2D eigenvalue weighted by atomic mass is 32.3. The molecule has 5 nitrogen and oxygen atoms in total. The van der Waals surface area contributed by atoms with E-state index in [0.29, 0.717) is 0 Å². The molecule has 0 amide bonds. The smallest absolute Gasteiger partial charge is 0.393 e. The van der Waals surface area contributed by atoms with E-state index in [1.54, 1.807) is 0 Å². The predicted molar refractivity (Wildman–Crippen MR) is 86.9 cm³/mol. The van der Waals surface area contributed by atoms with Crippen LogP contribution >= 0.6 is 0 Å². The lowest BCUT2D eigenvalue weighted by Gasteiger charge is -2.07. The first-order valence-corrected chi connectivity index (χ1v) is 9.44. The Kier molecular flexibility index (Phi) is 16.2. The number of hydrogen-bond donors (Lipinski definition) is 3. The fourth-order valence-electron chi connectivity index (χ4n) is 2.02. The molecular weight excluding hydrogens is 292 g/mol. The maximum absolute atomic E-state index is 9.10. The molecule has 0 saturated carbocycles. The summed E-state index contributed by atoms with van der Waals surface area (Å²) >= 11 is 0. The molecule has 130 valence electrons. The number of rotatable bonds is 11. The Morgan fingerprint density at radius 1 is 0.810 bits per heavy atom. The van der Waals surface area contributed by atoms with Gasteiger partial charge in [-0.15, -0.1) is 0 Å². The Labute approximate surface area is 130 Å². The molecule has 21 heavy (non-hydrogen) atoms. The van der Waals surface area contributed by atoms with Gasteiger partial charge in [-0.3, -0.25) is 9.11 Å². The normalized spacial score (nSPS) is 14.2. The summed E-state index contributed by atoms with van der Waals surface area (Å²) < 4.78 is 31.6. The maximum Gasteiger partial charge on any atom is 0.394 e. The molecule has 0 aliphatic carbocycles. The average Bonchev–Trinajstić information content (AvgIpc) is 2.34. The third-order valence-electron chi connectivity index (χ3n) is 3.52. The Morgan fingerprint density at radius 2 is 1.14 bits per heavy atom. The minimum Gasteiger partial charge on any atom is -0.393 e. The molecule has 0 rings (SSSR count). The average molecular weight is 326 g/mol. The van der Waals surface area contributed by atoms with Crippen molar-refractivity contribution in [2.24, 2.45) is 5.92 Å². The van der Waals surface area contributed by atoms with Crippen molar-refractivity contribution in [3.63, 3.8) is 0 Å². The second-order valence-electron chi connectivity index (χ2n) is 5.86. The molecule has 0 aromatic rings. The van der Waals surface area contributed by atoms with Crippen LogP contribution in [0, 0.1) is 5.92 Å². The molecule has 0 aromatic carbocycles. The lowest BCUT2D eigenvalue weighted by atomic mass is 9.99. The fourth-order valence-corrected chi connectivity index (χ4v) is 2.02.